The Labute approximate surface area is 138 Å². The lowest BCUT2D eigenvalue weighted by Gasteiger charge is -2.23. The Morgan fingerprint density at radius 1 is 1.30 bits per heavy atom. The van der Waals surface area contributed by atoms with Crippen molar-refractivity contribution in [1.82, 2.24) is 10.6 Å². The van der Waals surface area contributed by atoms with Crippen molar-refractivity contribution >= 4 is 28.2 Å². The van der Waals surface area contributed by atoms with Crippen molar-refractivity contribution in [3.63, 3.8) is 0 Å². The minimum atomic E-state index is -0.318. The Morgan fingerprint density at radius 3 is 2.78 bits per heavy atom. The molecule has 0 bridgehead atoms. The van der Waals surface area contributed by atoms with Gasteiger partial charge < -0.3 is 20.4 Å². The molecule has 0 spiro atoms. The van der Waals surface area contributed by atoms with Gasteiger partial charge in [0.15, 0.2) is 5.76 Å². The van der Waals surface area contributed by atoms with E-state index in [0.29, 0.717) is 9.88 Å². The number of piperidine rings is 1. The van der Waals surface area contributed by atoms with E-state index in [2.05, 4.69) is 16.0 Å². The minimum Gasteiger partial charge on any atom is -0.459 e. The second kappa shape index (κ2) is 6.97. The smallest absolute Gasteiger partial charge is 0.291 e. The van der Waals surface area contributed by atoms with Gasteiger partial charge >= 0.3 is 0 Å². The predicted octanol–water partition coefficient (Wildman–Crippen LogP) is 2.38. The van der Waals surface area contributed by atoms with Gasteiger partial charge in [-0.2, -0.15) is 0 Å². The van der Waals surface area contributed by atoms with Crippen LogP contribution in [0.3, 0.4) is 0 Å². The number of furan rings is 1. The fraction of sp³-hybridized carbons (Fsp3) is 0.375. The van der Waals surface area contributed by atoms with Gasteiger partial charge in [-0.15, -0.1) is 11.3 Å². The molecule has 2 aromatic heterocycles. The van der Waals surface area contributed by atoms with Crippen molar-refractivity contribution in [3.8, 4) is 0 Å². The van der Waals surface area contributed by atoms with E-state index < -0.39 is 0 Å². The number of hydrogen-bond acceptors (Lipinski definition) is 5. The van der Waals surface area contributed by atoms with E-state index in [1.807, 2.05) is 13.0 Å². The molecule has 3 rings (SSSR count). The topological polar surface area (TPSA) is 83.4 Å². The molecule has 0 atom stereocenters. The van der Waals surface area contributed by atoms with Gasteiger partial charge in [0.25, 0.3) is 11.8 Å². The highest BCUT2D eigenvalue weighted by Gasteiger charge is 2.20. The van der Waals surface area contributed by atoms with Gasteiger partial charge in [0, 0.05) is 6.04 Å². The predicted molar refractivity (Wildman–Crippen MR) is 89.1 cm³/mol. The number of hydrogen-bond donors (Lipinski definition) is 3. The highest BCUT2D eigenvalue weighted by atomic mass is 32.1. The Kier molecular flexibility index (Phi) is 4.78. The van der Waals surface area contributed by atoms with Gasteiger partial charge in [0.05, 0.1) is 16.1 Å². The normalized spacial score (nSPS) is 15.3. The summed E-state index contributed by atoms with van der Waals surface area (Å²) in [6.45, 7) is 3.73. The number of thiophene rings is 1. The summed E-state index contributed by atoms with van der Waals surface area (Å²) in [5.74, 6) is -0.142. The van der Waals surface area contributed by atoms with Crippen molar-refractivity contribution in [2.24, 2.45) is 0 Å². The third-order valence-corrected chi connectivity index (χ3v) is 4.93. The summed E-state index contributed by atoms with van der Waals surface area (Å²) in [5.41, 5.74) is 0.858. The molecule has 3 N–H and O–H groups in total. The van der Waals surface area contributed by atoms with Crippen LogP contribution in [-0.2, 0) is 0 Å². The molecule has 6 nitrogen and oxygen atoms in total. The molecule has 1 aliphatic rings. The van der Waals surface area contributed by atoms with Crippen LogP contribution in [0.25, 0.3) is 0 Å². The lowest BCUT2D eigenvalue weighted by Crippen LogP contribution is -2.42. The molecule has 0 aromatic carbocycles. The first-order valence-corrected chi connectivity index (χ1v) is 8.42. The molecule has 3 heterocycles. The van der Waals surface area contributed by atoms with E-state index in [4.69, 9.17) is 4.42 Å². The van der Waals surface area contributed by atoms with Crippen molar-refractivity contribution in [1.29, 1.82) is 0 Å². The number of carbonyl (C=O) groups excluding carboxylic acids is 2. The van der Waals surface area contributed by atoms with Gasteiger partial charge in [0.2, 0.25) is 0 Å². The SMILES string of the molecule is Cc1cc(NC(=O)c2ccco2)sc1C(=O)NC1CCNCC1. The highest BCUT2D eigenvalue weighted by Crippen LogP contribution is 2.27. The molecule has 2 amide bonds. The molecule has 1 fully saturated rings. The quantitative estimate of drug-likeness (QED) is 0.802. The maximum absolute atomic E-state index is 12.4. The second-order valence-electron chi connectivity index (χ2n) is 5.55. The fourth-order valence-electron chi connectivity index (χ4n) is 2.57. The van der Waals surface area contributed by atoms with Gasteiger partial charge in [-0.3, -0.25) is 9.59 Å². The van der Waals surface area contributed by atoms with E-state index in [-0.39, 0.29) is 23.6 Å². The number of amides is 2. The maximum atomic E-state index is 12.4. The summed E-state index contributed by atoms with van der Waals surface area (Å²) < 4.78 is 5.06. The van der Waals surface area contributed by atoms with Crippen molar-refractivity contribution in [3.05, 3.63) is 40.7 Å². The van der Waals surface area contributed by atoms with Gasteiger partial charge in [0.1, 0.15) is 0 Å². The molecule has 23 heavy (non-hydrogen) atoms. The lowest BCUT2D eigenvalue weighted by atomic mass is 10.1. The molecule has 0 unspecified atom stereocenters. The minimum absolute atomic E-state index is 0.0714. The number of nitrogens with one attached hydrogen (secondary N) is 3. The Balaban J connectivity index is 1.65. The van der Waals surface area contributed by atoms with Gasteiger partial charge in [-0.1, -0.05) is 0 Å². The number of rotatable bonds is 4. The van der Waals surface area contributed by atoms with E-state index in [1.54, 1.807) is 12.1 Å². The maximum Gasteiger partial charge on any atom is 0.291 e. The summed E-state index contributed by atoms with van der Waals surface area (Å²) in [5, 5.41) is 9.74. The summed E-state index contributed by atoms with van der Waals surface area (Å²) in [4.78, 5) is 25.0. The Bertz CT molecular complexity index is 687. The Morgan fingerprint density at radius 2 is 2.09 bits per heavy atom. The zero-order chi connectivity index (χ0) is 16.2. The van der Waals surface area contributed by atoms with Crippen LogP contribution in [0, 0.1) is 6.92 Å². The summed E-state index contributed by atoms with van der Waals surface area (Å²) in [6.07, 6.45) is 3.34. The molecule has 0 saturated carbocycles. The average Bonchev–Trinajstić information content (AvgIpc) is 3.18. The third kappa shape index (κ3) is 3.80. The van der Waals surface area contributed by atoms with Crippen LogP contribution in [0.15, 0.2) is 28.9 Å². The van der Waals surface area contributed by atoms with Crippen molar-refractivity contribution in [2.75, 3.05) is 18.4 Å². The molecule has 122 valence electrons. The summed E-state index contributed by atoms with van der Waals surface area (Å²) in [6, 6.07) is 5.28. The third-order valence-electron chi connectivity index (χ3n) is 3.78. The molecular formula is C16H19N3O3S. The highest BCUT2D eigenvalue weighted by molar-refractivity contribution is 7.18. The first kappa shape index (κ1) is 15.8. The largest absolute Gasteiger partial charge is 0.459 e. The summed E-state index contributed by atoms with van der Waals surface area (Å²) in [7, 11) is 0. The lowest BCUT2D eigenvalue weighted by molar-refractivity contribution is 0.0932. The fourth-order valence-corrected chi connectivity index (χ4v) is 3.54. The van der Waals surface area contributed by atoms with Crippen molar-refractivity contribution < 1.29 is 14.0 Å². The molecule has 1 saturated heterocycles. The van der Waals surface area contributed by atoms with Crippen LogP contribution in [0.4, 0.5) is 5.00 Å². The van der Waals surface area contributed by atoms with Gasteiger partial charge in [-0.05, 0) is 56.6 Å². The number of aryl methyl sites for hydroxylation is 1. The summed E-state index contributed by atoms with van der Waals surface area (Å²) >= 11 is 1.28. The van der Waals surface area contributed by atoms with Crippen LogP contribution >= 0.6 is 11.3 Å². The van der Waals surface area contributed by atoms with Crippen LogP contribution in [-0.4, -0.2) is 30.9 Å². The molecule has 7 heteroatoms. The van der Waals surface area contributed by atoms with E-state index in [1.165, 1.54) is 17.6 Å². The van der Waals surface area contributed by atoms with E-state index in [0.717, 1.165) is 31.5 Å². The van der Waals surface area contributed by atoms with Crippen LogP contribution in [0.5, 0.6) is 0 Å². The first-order chi connectivity index (χ1) is 11.1. The first-order valence-electron chi connectivity index (χ1n) is 7.60. The molecule has 1 aliphatic heterocycles. The van der Waals surface area contributed by atoms with Crippen LogP contribution in [0.2, 0.25) is 0 Å². The molecule has 0 radical (unpaired) electrons. The standard InChI is InChI=1S/C16H19N3O3S/c1-10-9-13(19-15(20)12-3-2-8-22-12)23-14(10)16(21)18-11-4-6-17-7-5-11/h2-3,8-9,11,17H,4-7H2,1H3,(H,18,21)(H,19,20). The zero-order valence-corrected chi connectivity index (χ0v) is 13.7. The van der Waals surface area contributed by atoms with Crippen molar-refractivity contribution in [2.45, 2.75) is 25.8 Å². The zero-order valence-electron chi connectivity index (χ0n) is 12.8. The molecular weight excluding hydrogens is 314 g/mol. The number of carbonyl (C=O) groups is 2. The second-order valence-corrected chi connectivity index (χ2v) is 6.60. The van der Waals surface area contributed by atoms with E-state index >= 15 is 0 Å². The molecule has 2 aromatic rings. The number of anilines is 1. The van der Waals surface area contributed by atoms with Crippen LogP contribution < -0.4 is 16.0 Å². The molecule has 0 aliphatic carbocycles. The van der Waals surface area contributed by atoms with Gasteiger partial charge in [-0.25, -0.2) is 0 Å². The Hall–Kier alpha value is -2.12. The van der Waals surface area contributed by atoms with Crippen LogP contribution in [0.1, 0.15) is 38.6 Å². The van der Waals surface area contributed by atoms with E-state index in [9.17, 15) is 9.59 Å². The monoisotopic (exact) mass is 333 g/mol. The average molecular weight is 333 g/mol.